The Morgan fingerprint density at radius 1 is 1.14 bits per heavy atom. The van der Waals surface area contributed by atoms with Crippen molar-refractivity contribution >= 4 is 23.0 Å². The van der Waals surface area contributed by atoms with Gasteiger partial charge < -0.3 is 0 Å². The van der Waals surface area contributed by atoms with Crippen molar-refractivity contribution in [2.24, 2.45) is 5.10 Å². The molecule has 0 saturated heterocycles. The summed E-state index contributed by atoms with van der Waals surface area (Å²) >= 11 is 1.67. The second kappa shape index (κ2) is 6.68. The second-order valence-electron chi connectivity index (χ2n) is 5.33. The molecule has 1 heterocycles. The number of hydrogen-bond donors (Lipinski definition) is 1. The number of rotatable bonds is 4. The summed E-state index contributed by atoms with van der Waals surface area (Å²) in [5.41, 5.74) is 5.28. The van der Waals surface area contributed by atoms with Gasteiger partial charge in [-0.3, -0.25) is 4.79 Å². The first-order chi connectivity index (χ1) is 9.97. The number of aryl methyl sites for hydroxylation is 1. The smallest absolute Gasteiger partial charge is 0.267 e. The van der Waals surface area contributed by atoms with E-state index >= 15 is 0 Å². The van der Waals surface area contributed by atoms with Crippen molar-refractivity contribution in [1.82, 2.24) is 5.43 Å². The summed E-state index contributed by atoms with van der Waals surface area (Å²) in [5.74, 6) is 0.280. The fourth-order valence-electron chi connectivity index (χ4n) is 1.90. The predicted octanol–water partition coefficient (Wildman–Crippen LogP) is 4.33. The molecule has 4 heteroatoms. The number of amides is 1. The highest BCUT2D eigenvalue weighted by Crippen LogP contribution is 2.16. The lowest BCUT2D eigenvalue weighted by atomic mass is 10.0. The Balaban J connectivity index is 2.04. The minimum absolute atomic E-state index is 0.182. The van der Waals surface area contributed by atoms with Crippen molar-refractivity contribution in [2.75, 3.05) is 0 Å². The molecule has 0 aliphatic rings. The van der Waals surface area contributed by atoms with E-state index in [1.165, 1.54) is 10.4 Å². The van der Waals surface area contributed by atoms with E-state index in [0.29, 0.717) is 11.5 Å². The van der Waals surface area contributed by atoms with Crippen LogP contribution in [0.3, 0.4) is 0 Å². The Hall–Kier alpha value is -1.94. The predicted molar refractivity (Wildman–Crippen MR) is 89.3 cm³/mol. The first-order valence-electron chi connectivity index (χ1n) is 6.99. The lowest BCUT2D eigenvalue weighted by Gasteiger charge is -2.06. The van der Waals surface area contributed by atoms with Gasteiger partial charge in [-0.1, -0.05) is 26.0 Å². The van der Waals surface area contributed by atoms with Crippen LogP contribution in [0.2, 0.25) is 0 Å². The number of hydrazone groups is 1. The number of carbonyl (C=O) groups is 1. The van der Waals surface area contributed by atoms with Crippen LogP contribution in [0.1, 0.15) is 52.4 Å². The molecule has 1 aromatic heterocycles. The molecule has 0 atom stereocenters. The van der Waals surface area contributed by atoms with Gasteiger partial charge in [-0.05, 0) is 49.6 Å². The van der Waals surface area contributed by atoms with Gasteiger partial charge >= 0.3 is 0 Å². The minimum atomic E-state index is -0.182. The molecule has 0 bridgehead atoms. The van der Waals surface area contributed by atoms with E-state index in [1.54, 1.807) is 11.3 Å². The molecule has 0 aliphatic heterocycles. The van der Waals surface area contributed by atoms with Gasteiger partial charge in [0.2, 0.25) is 0 Å². The van der Waals surface area contributed by atoms with Crippen LogP contribution < -0.4 is 5.43 Å². The maximum atomic E-state index is 12.1. The minimum Gasteiger partial charge on any atom is -0.267 e. The number of nitrogens with one attached hydrogen (secondary N) is 1. The summed E-state index contributed by atoms with van der Waals surface area (Å²) in [4.78, 5) is 14.4. The van der Waals surface area contributed by atoms with E-state index in [1.807, 2.05) is 43.3 Å². The average Bonchev–Trinajstić information content (AvgIpc) is 2.91. The van der Waals surface area contributed by atoms with Crippen LogP contribution in [0.4, 0.5) is 0 Å². The van der Waals surface area contributed by atoms with Crippen LogP contribution in [-0.4, -0.2) is 11.6 Å². The largest absolute Gasteiger partial charge is 0.271 e. The molecule has 0 radical (unpaired) electrons. The maximum absolute atomic E-state index is 12.1. The monoisotopic (exact) mass is 300 g/mol. The van der Waals surface area contributed by atoms with Crippen molar-refractivity contribution in [1.29, 1.82) is 0 Å². The number of benzene rings is 1. The fraction of sp³-hybridized carbons (Fsp3) is 0.294. The summed E-state index contributed by atoms with van der Waals surface area (Å²) < 4.78 is 0. The van der Waals surface area contributed by atoms with Crippen LogP contribution in [-0.2, 0) is 0 Å². The summed E-state index contributed by atoms with van der Waals surface area (Å²) in [6.45, 7) is 8.21. The Labute approximate surface area is 129 Å². The van der Waals surface area contributed by atoms with Crippen LogP contribution in [0.15, 0.2) is 41.5 Å². The number of hydrogen-bond acceptors (Lipinski definition) is 3. The Morgan fingerprint density at radius 2 is 1.81 bits per heavy atom. The molecule has 21 heavy (non-hydrogen) atoms. The Kier molecular flexibility index (Phi) is 4.91. The van der Waals surface area contributed by atoms with Gasteiger partial charge in [0.1, 0.15) is 0 Å². The second-order valence-corrected chi connectivity index (χ2v) is 6.61. The molecule has 1 N–H and O–H groups in total. The topological polar surface area (TPSA) is 41.5 Å². The Bertz CT molecular complexity index is 654. The third kappa shape index (κ3) is 4.02. The molecule has 0 saturated carbocycles. The highest BCUT2D eigenvalue weighted by atomic mass is 32.1. The van der Waals surface area contributed by atoms with Crippen molar-refractivity contribution < 1.29 is 4.79 Å². The van der Waals surface area contributed by atoms with E-state index in [4.69, 9.17) is 0 Å². The van der Waals surface area contributed by atoms with Gasteiger partial charge in [0.25, 0.3) is 5.91 Å². The van der Waals surface area contributed by atoms with Gasteiger partial charge in [-0.2, -0.15) is 5.10 Å². The first kappa shape index (κ1) is 15.4. The van der Waals surface area contributed by atoms with E-state index in [2.05, 4.69) is 31.3 Å². The summed E-state index contributed by atoms with van der Waals surface area (Å²) in [6, 6.07) is 11.7. The van der Waals surface area contributed by atoms with Crippen molar-refractivity contribution in [3.63, 3.8) is 0 Å². The molecular weight excluding hydrogens is 280 g/mol. The zero-order chi connectivity index (χ0) is 15.4. The van der Waals surface area contributed by atoms with Gasteiger partial charge in [0.15, 0.2) is 0 Å². The van der Waals surface area contributed by atoms with Crippen LogP contribution in [0, 0.1) is 6.92 Å². The molecule has 2 aromatic rings. The van der Waals surface area contributed by atoms with Crippen molar-refractivity contribution in [3.8, 4) is 0 Å². The molecule has 2 rings (SSSR count). The van der Waals surface area contributed by atoms with Crippen LogP contribution in [0.25, 0.3) is 0 Å². The molecule has 0 unspecified atom stereocenters. The van der Waals surface area contributed by atoms with Gasteiger partial charge in [-0.15, -0.1) is 11.3 Å². The fourth-order valence-corrected chi connectivity index (χ4v) is 2.72. The lowest BCUT2D eigenvalue weighted by Crippen LogP contribution is -2.19. The molecular formula is C17H20N2OS. The number of thiophene rings is 1. The lowest BCUT2D eigenvalue weighted by molar-refractivity contribution is 0.0955. The summed E-state index contributed by atoms with van der Waals surface area (Å²) in [6.07, 6.45) is 0. The number of carbonyl (C=O) groups excluding carboxylic acids is 1. The SMILES string of the molecule is C/C(=N\NC(=O)c1ccc(C(C)C)cc1)c1ccc(C)s1. The molecule has 110 valence electrons. The molecule has 0 spiro atoms. The highest BCUT2D eigenvalue weighted by molar-refractivity contribution is 7.14. The average molecular weight is 300 g/mol. The van der Waals surface area contributed by atoms with Crippen LogP contribution >= 0.6 is 11.3 Å². The van der Waals surface area contributed by atoms with E-state index in [9.17, 15) is 4.79 Å². The maximum Gasteiger partial charge on any atom is 0.271 e. The van der Waals surface area contributed by atoms with Crippen molar-refractivity contribution in [2.45, 2.75) is 33.6 Å². The molecule has 0 fully saturated rings. The van der Waals surface area contributed by atoms with E-state index in [-0.39, 0.29) is 5.91 Å². The van der Waals surface area contributed by atoms with E-state index < -0.39 is 0 Å². The summed E-state index contributed by atoms with van der Waals surface area (Å²) in [7, 11) is 0. The highest BCUT2D eigenvalue weighted by Gasteiger charge is 2.07. The van der Waals surface area contributed by atoms with Crippen LogP contribution in [0.5, 0.6) is 0 Å². The zero-order valence-electron chi connectivity index (χ0n) is 12.8. The summed E-state index contributed by atoms with van der Waals surface area (Å²) in [5, 5.41) is 4.17. The number of nitrogens with zero attached hydrogens (tertiary/aromatic N) is 1. The van der Waals surface area contributed by atoms with Gasteiger partial charge in [0.05, 0.1) is 10.6 Å². The normalized spacial score (nSPS) is 11.8. The van der Waals surface area contributed by atoms with Gasteiger partial charge in [0, 0.05) is 10.4 Å². The molecule has 3 nitrogen and oxygen atoms in total. The molecule has 1 aromatic carbocycles. The standard InChI is InChI=1S/C17H20N2OS/c1-11(2)14-6-8-15(9-7-14)17(20)19-18-13(4)16-10-5-12(3)21-16/h5-11H,1-4H3,(H,19,20)/b18-13+. The van der Waals surface area contributed by atoms with E-state index in [0.717, 1.165) is 10.6 Å². The molecule has 0 aliphatic carbocycles. The van der Waals surface area contributed by atoms with Crippen molar-refractivity contribution in [3.05, 3.63) is 57.3 Å². The third-order valence-corrected chi connectivity index (χ3v) is 4.37. The quantitative estimate of drug-likeness (QED) is 0.662. The third-order valence-electron chi connectivity index (χ3n) is 3.26. The zero-order valence-corrected chi connectivity index (χ0v) is 13.6. The molecule has 1 amide bonds. The Morgan fingerprint density at radius 3 is 2.33 bits per heavy atom. The van der Waals surface area contributed by atoms with Gasteiger partial charge in [-0.25, -0.2) is 5.43 Å². The first-order valence-corrected chi connectivity index (χ1v) is 7.80.